The molecule has 8 heteroatoms. The van der Waals surface area contributed by atoms with Crippen LogP contribution < -0.4 is 10.1 Å². The third kappa shape index (κ3) is 5.09. The molecule has 1 saturated heterocycles. The predicted octanol–water partition coefficient (Wildman–Crippen LogP) is 2.42. The summed E-state index contributed by atoms with van der Waals surface area (Å²) in [6.45, 7) is 3.61. The number of amides is 1. The minimum atomic E-state index is -3.60. The van der Waals surface area contributed by atoms with Gasteiger partial charge in [-0.2, -0.15) is 4.31 Å². The average Bonchev–Trinajstić information content (AvgIpc) is 2.70. The van der Waals surface area contributed by atoms with Crippen molar-refractivity contribution in [1.82, 2.24) is 4.31 Å². The van der Waals surface area contributed by atoms with Crippen LogP contribution in [-0.4, -0.2) is 51.5 Å². The Balaban J connectivity index is 1.58. The maximum Gasteiger partial charge on any atom is 0.243 e. The highest BCUT2D eigenvalue weighted by atomic mass is 32.2. The van der Waals surface area contributed by atoms with E-state index in [4.69, 9.17) is 9.47 Å². The fourth-order valence-corrected chi connectivity index (χ4v) is 4.32. The quantitative estimate of drug-likeness (QED) is 0.766. The summed E-state index contributed by atoms with van der Waals surface area (Å²) in [6, 6.07) is 13.9. The summed E-state index contributed by atoms with van der Waals surface area (Å²) < 4.78 is 37.7. The number of nitrogens with one attached hydrogen (secondary N) is 1. The molecule has 0 saturated carbocycles. The fraction of sp³-hybridized carbons (Fsp3) is 0.350. The molecule has 0 radical (unpaired) electrons. The molecule has 0 aliphatic carbocycles. The number of ether oxygens (including phenoxy) is 2. The predicted molar refractivity (Wildman–Crippen MR) is 106 cm³/mol. The standard InChI is InChI=1S/C20H24N2O5S/c1-16-5-2-3-8-19(16)27-12-9-20(23)21-17-6-4-7-18(15-17)28(24,25)22-10-13-26-14-11-22/h2-8,15H,9-14H2,1H3,(H,21,23). The van der Waals surface area contributed by atoms with Gasteiger partial charge in [-0.25, -0.2) is 8.42 Å². The molecule has 1 amide bonds. The normalized spacial score (nSPS) is 15.2. The molecule has 28 heavy (non-hydrogen) atoms. The third-order valence-electron chi connectivity index (χ3n) is 4.41. The van der Waals surface area contributed by atoms with Crippen molar-refractivity contribution >= 4 is 21.6 Å². The van der Waals surface area contributed by atoms with Crippen molar-refractivity contribution in [3.8, 4) is 5.75 Å². The highest BCUT2D eigenvalue weighted by molar-refractivity contribution is 7.89. The van der Waals surface area contributed by atoms with Crippen LogP contribution in [-0.2, 0) is 19.6 Å². The summed E-state index contributed by atoms with van der Waals surface area (Å²) in [5.41, 5.74) is 1.44. The molecule has 1 heterocycles. The largest absolute Gasteiger partial charge is 0.493 e. The number of morpholine rings is 1. The molecule has 0 spiro atoms. The molecule has 2 aromatic carbocycles. The lowest BCUT2D eigenvalue weighted by atomic mass is 10.2. The van der Waals surface area contributed by atoms with E-state index in [2.05, 4.69) is 5.32 Å². The molecular weight excluding hydrogens is 380 g/mol. The van der Waals surface area contributed by atoms with Crippen molar-refractivity contribution in [2.24, 2.45) is 0 Å². The van der Waals surface area contributed by atoms with E-state index in [-0.39, 0.29) is 23.8 Å². The van der Waals surface area contributed by atoms with Gasteiger partial charge in [0, 0.05) is 18.8 Å². The second kappa shape index (κ2) is 9.18. The third-order valence-corrected chi connectivity index (χ3v) is 6.30. The first-order valence-corrected chi connectivity index (χ1v) is 10.6. The van der Waals surface area contributed by atoms with Crippen LogP contribution >= 0.6 is 0 Å². The van der Waals surface area contributed by atoms with Crippen molar-refractivity contribution in [1.29, 1.82) is 0 Å². The van der Waals surface area contributed by atoms with Gasteiger partial charge in [-0.3, -0.25) is 4.79 Å². The lowest BCUT2D eigenvalue weighted by molar-refractivity contribution is -0.116. The summed E-state index contributed by atoms with van der Waals surface area (Å²) in [7, 11) is -3.60. The number of aryl methyl sites for hydroxylation is 1. The van der Waals surface area contributed by atoms with Gasteiger partial charge in [0.15, 0.2) is 0 Å². The minimum absolute atomic E-state index is 0.156. The molecule has 0 unspecified atom stereocenters. The Bertz CT molecular complexity index is 924. The van der Waals surface area contributed by atoms with Gasteiger partial charge in [0.1, 0.15) is 5.75 Å². The fourth-order valence-electron chi connectivity index (χ4n) is 2.87. The average molecular weight is 404 g/mol. The van der Waals surface area contributed by atoms with Gasteiger partial charge in [-0.1, -0.05) is 24.3 Å². The molecule has 2 aromatic rings. The number of para-hydroxylation sites is 1. The van der Waals surface area contributed by atoms with Crippen LogP contribution in [0.4, 0.5) is 5.69 Å². The van der Waals surface area contributed by atoms with Gasteiger partial charge in [0.2, 0.25) is 15.9 Å². The summed E-state index contributed by atoms with van der Waals surface area (Å²) in [4.78, 5) is 12.3. The molecule has 1 N–H and O–H groups in total. The van der Waals surface area contributed by atoms with Crippen molar-refractivity contribution in [3.63, 3.8) is 0 Å². The molecule has 1 fully saturated rings. The van der Waals surface area contributed by atoms with Gasteiger partial charge in [-0.15, -0.1) is 0 Å². The number of carbonyl (C=O) groups is 1. The molecule has 150 valence electrons. The summed E-state index contributed by atoms with van der Waals surface area (Å²) in [5.74, 6) is 0.503. The number of rotatable bonds is 7. The van der Waals surface area contributed by atoms with Gasteiger partial charge in [-0.05, 0) is 36.8 Å². The van der Waals surface area contributed by atoms with Gasteiger partial charge < -0.3 is 14.8 Å². The lowest BCUT2D eigenvalue weighted by Gasteiger charge is -2.26. The number of nitrogens with zero attached hydrogens (tertiary/aromatic N) is 1. The molecule has 0 atom stereocenters. The highest BCUT2D eigenvalue weighted by Crippen LogP contribution is 2.21. The van der Waals surface area contributed by atoms with E-state index >= 15 is 0 Å². The monoisotopic (exact) mass is 404 g/mol. The smallest absolute Gasteiger partial charge is 0.243 e. The van der Waals surface area contributed by atoms with Crippen LogP contribution in [0, 0.1) is 6.92 Å². The zero-order valence-electron chi connectivity index (χ0n) is 15.8. The maximum atomic E-state index is 12.7. The van der Waals surface area contributed by atoms with Crippen molar-refractivity contribution in [2.45, 2.75) is 18.2 Å². The summed E-state index contributed by atoms with van der Waals surface area (Å²) in [6.07, 6.45) is 0.161. The van der Waals surface area contributed by atoms with Gasteiger partial charge in [0.05, 0.1) is 31.1 Å². The first kappa shape index (κ1) is 20.3. The number of hydrogen-bond donors (Lipinski definition) is 1. The van der Waals surface area contributed by atoms with Crippen LogP contribution in [0.25, 0.3) is 0 Å². The van der Waals surface area contributed by atoms with Crippen molar-refractivity contribution < 1.29 is 22.7 Å². The van der Waals surface area contributed by atoms with Crippen LogP contribution in [0.2, 0.25) is 0 Å². The van der Waals surface area contributed by atoms with Crippen LogP contribution in [0.5, 0.6) is 5.75 Å². The van der Waals surface area contributed by atoms with Crippen molar-refractivity contribution in [2.75, 3.05) is 38.2 Å². The molecule has 1 aliphatic heterocycles. The van der Waals surface area contributed by atoms with E-state index in [1.165, 1.54) is 16.4 Å². The first-order chi connectivity index (χ1) is 13.5. The van der Waals surface area contributed by atoms with E-state index in [0.29, 0.717) is 32.0 Å². The number of benzene rings is 2. The summed E-state index contributed by atoms with van der Waals surface area (Å²) >= 11 is 0. The van der Waals surface area contributed by atoms with Gasteiger partial charge >= 0.3 is 0 Å². The Morgan fingerprint density at radius 1 is 1.14 bits per heavy atom. The maximum absolute atomic E-state index is 12.7. The Morgan fingerprint density at radius 2 is 1.89 bits per heavy atom. The zero-order valence-corrected chi connectivity index (χ0v) is 16.6. The number of carbonyl (C=O) groups excluding carboxylic acids is 1. The van der Waals surface area contributed by atoms with Crippen molar-refractivity contribution in [3.05, 3.63) is 54.1 Å². The molecule has 0 aromatic heterocycles. The first-order valence-electron chi connectivity index (χ1n) is 9.13. The number of anilines is 1. The Morgan fingerprint density at radius 3 is 2.64 bits per heavy atom. The second-order valence-corrected chi connectivity index (χ2v) is 8.39. The Hall–Kier alpha value is -2.42. The Labute approximate surface area is 165 Å². The molecule has 0 bridgehead atoms. The summed E-state index contributed by atoms with van der Waals surface area (Å²) in [5, 5.41) is 2.73. The van der Waals surface area contributed by atoms with E-state index in [0.717, 1.165) is 11.3 Å². The Kier molecular flexibility index (Phi) is 6.66. The second-order valence-electron chi connectivity index (χ2n) is 6.46. The van der Waals surface area contributed by atoms with E-state index in [1.807, 2.05) is 31.2 Å². The van der Waals surface area contributed by atoms with Crippen LogP contribution in [0.1, 0.15) is 12.0 Å². The molecule has 3 rings (SSSR count). The number of sulfonamides is 1. The van der Waals surface area contributed by atoms with Gasteiger partial charge in [0.25, 0.3) is 0 Å². The zero-order chi connectivity index (χ0) is 20.0. The van der Waals surface area contributed by atoms with E-state index in [9.17, 15) is 13.2 Å². The molecule has 1 aliphatic rings. The van der Waals surface area contributed by atoms with E-state index < -0.39 is 10.0 Å². The van der Waals surface area contributed by atoms with E-state index in [1.54, 1.807) is 12.1 Å². The SMILES string of the molecule is Cc1ccccc1OCCC(=O)Nc1cccc(S(=O)(=O)N2CCOCC2)c1. The lowest BCUT2D eigenvalue weighted by Crippen LogP contribution is -2.40. The van der Waals surface area contributed by atoms with Crippen LogP contribution in [0.15, 0.2) is 53.4 Å². The number of hydrogen-bond acceptors (Lipinski definition) is 5. The highest BCUT2D eigenvalue weighted by Gasteiger charge is 2.26. The molecule has 7 nitrogen and oxygen atoms in total. The topological polar surface area (TPSA) is 84.9 Å². The molecular formula is C20H24N2O5S. The van der Waals surface area contributed by atoms with Crippen LogP contribution in [0.3, 0.4) is 0 Å². The minimum Gasteiger partial charge on any atom is -0.493 e.